The first-order valence-electron chi connectivity index (χ1n) is 9.88. The highest BCUT2D eigenvalue weighted by atomic mass is 16.5. The van der Waals surface area contributed by atoms with Crippen LogP contribution in [0.3, 0.4) is 0 Å². The maximum absolute atomic E-state index is 12.2. The van der Waals surface area contributed by atoms with E-state index in [1.54, 1.807) is 29.2 Å². The molecular weight excluding hydrogens is 376 g/mol. The molecule has 0 bridgehead atoms. The Morgan fingerprint density at radius 1 is 1.14 bits per heavy atom. The highest BCUT2D eigenvalue weighted by Crippen LogP contribution is 2.29. The number of esters is 2. The lowest BCUT2D eigenvalue weighted by Gasteiger charge is -2.23. The molecule has 1 aromatic rings. The van der Waals surface area contributed by atoms with Gasteiger partial charge in [0.15, 0.2) is 6.61 Å². The van der Waals surface area contributed by atoms with Crippen molar-refractivity contribution in [2.24, 2.45) is 5.92 Å². The molecule has 1 aliphatic heterocycles. The molecule has 1 atom stereocenters. The Bertz CT molecular complexity index is 770. The molecule has 1 heterocycles. The predicted octanol–water partition coefficient (Wildman–Crippen LogP) is 1.42. The predicted molar refractivity (Wildman–Crippen MR) is 103 cm³/mol. The van der Waals surface area contributed by atoms with Crippen LogP contribution in [0.1, 0.15) is 48.0 Å². The summed E-state index contributed by atoms with van der Waals surface area (Å²) in [5, 5.41) is 2.66. The minimum atomic E-state index is -0.503. The normalized spacial score (nSPS) is 19.3. The minimum absolute atomic E-state index is 0.00120. The van der Waals surface area contributed by atoms with Crippen LogP contribution < -0.4 is 5.32 Å². The summed E-state index contributed by atoms with van der Waals surface area (Å²) in [7, 11) is 1.31. The average molecular weight is 402 g/mol. The molecule has 8 heteroatoms. The molecule has 0 spiro atoms. The summed E-state index contributed by atoms with van der Waals surface area (Å²) >= 11 is 0. The van der Waals surface area contributed by atoms with Crippen LogP contribution >= 0.6 is 0 Å². The van der Waals surface area contributed by atoms with Crippen LogP contribution in [0.15, 0.2) is 24.3 Å². The fraction of sp³-hybridized carbons (Fsp3) is 0.524. The summed E-state index contributed by atoms with van der Waals surface area (Å²) < 4.78 is 9.74. The third kappa shape index (κ3) is 5.34. The van der Waals surface area contributed by atoms with Gasteiger partial charge in [-0.15, -0.1) is 0 Å². The number of nitrogens with one attached hydrogen (secondary N) is 1. The third-order valence-electron chi connectivity index (χ3n) is 5.47. The zero-order chi connectivity index (χ0) is 20.8. The molecule has 1 N–H and O–H groups in total. The molecule has 1 saturated carbocycles. The first kappa shape index (κ1) is 20.8. The molecular formula is C21H26N2O6. The van der Waals surface area contributed by atoms with Gasteiger partial charge in [-0.1, -0.05) is 25.0 Å². The van der Waals surface area contributed by atoms with Gasteiger partial charge in [0.1, 0.15) is 0 Å². The molecule has 0 aromatic heterocycles. The van der Waals surface area contributed by atoms with Gasteiger partial charge in [0, 0.05) is 25.6 Å². The molecule has 2 amide bonds. The Hall–Kier alpha value is -2.90. The first-order valence-corrected chi connectivity index (χ1v) is 9.88. The van der Waals surface area contributed by atoms with Gasteiger partial charge in [-0.05, 0) is 30.5 Å². The second kappa shape index (κ2) is 9.54. The summed E-state index contributed by atoms with van der Waals surface area (Å²) in [6.07, 6.45) is 4.39. The Morgan fingerprint density at radius 2 is 1.83 bits per heavy atom. The largest absolute Gasteiger partial charge is 0.465 e. The first-order chi connectivity index (χ1) is 14.0. The van der Waals surface area contributed by atoms with Crippen molar-refractivity contribution in [2.45, 2.75) is 44.7 Å². The zero-order valence-electron chi connectivity index (χ0n) is 16.5. The SMILES string of the molecule is COC(=O)c1ccc(CNC(=O)COC(=O)[C@@H]2CC(=O)N(C3CCCC3)C2)cc1. The summed E-state index contributed by atoms with van der Waals surface area (Å²) in [5.41, 5.74) is 1.22. The van der Waals surface area contributed by atoms with Crippen molar-refractivity contribution in [2.75, 3.05) is 20.3 Å². The van der Waals surface area contributed by atoms with E-state index in [9.17, 15) is 19.2 Å². The Labute approximate surface area is 169 Å². The molecule has 156 valence electrons. The van der Waals surface area contributed by atoms with Crippen molar-refractivity contribution in [3.8, 4) is 0 Å². The molecule has 1 saturated heterocycles. The lowest BCUT2D eigenvalue weighted by atomic mass is 10.1. The van der Waals surface area contributed by atoms with Gasteiger partial charge in [0.05, 0.1) is 18.6 Å². The van der Waals surface area contributed by atoms with Gasteiger partial charge in [-0.25, -0.2) is 4.79 Å². The van der Waals surface area contributed by atoms with E-state index in [1.807, 2.05) is 0 Å². The van der Waals surface area contributed by atoms with Crippen LogP contribution in [0.2, 0.25) is 0 Å². The molecule has 3 rings (SSSR count). The fourth-order valence-corrected chi connectivity index (χ4v) is 3.84. The van der Waals surface area contributed by atoms with Crippen LogP contribution in [-0.4, -0.2) is 55.0 Å². The fourth-order valence-electron chi connectivity index (χ4n) is 3.84. The number of rotatable bonds is 7. The van der Waals surface area contributed by atoms with Gasteiger partial charge in [-0.2, -0.15) is 0 Å². The number of ether oxygens (including phenoxy) is 2. The van der Waals surface area contributed by atoms with E-state index in [4.69, 9.17) is 4.74 Å². The van der Waals surface area contributed by atoms with Crippen molar-refractivity contribution < 1.29 is 28.7 Å². The lowest BCUT2D eigenvalue weighted by Crippen LogP contribution is -2.35. The smallest absolute Gasteiger partial charge is 0.337 e. The highest BCUT2D eigenvalue weighted by Gasteiger charge is 2.39. The van der Waals surface area contributed by atoms with Crippen molar-refractivity contribution in [3.05, 3.63) is 35.4 Å². The van der Waals surface area contributed by atoms with E-state index >= 15 is 0 Å². The number of amides is 2. The van der Waals surface area contributed by atoms with Crippen LogP contribution in [0.5, 0.6) is 0 Å². The number of nitrogens with zero attached hydrogens (tertiary/aromatic N) is 1. The van der Waals surface area contributed by atoms with Crippen molar-refractivity contribution in [1.82, 2.24) is 10.2 Å². The lowest BCUT2D eigenvalue weighted by molar-refractivity contribution is -0.152. The van der Waals surface area contributed by atoms with Crippen molar-refractivity contribution >= 4 is 23.8 Å². The second-order valence-corrected chi connectivity index (χ2v) is 7.46. The molecule has 1 aliphatic carbocycles. The number of hydrogen-bond acceptors (Lipinski definition) is 6. The monoisotopic (exact) mass is 402 g/mol. The molecule has 2 aliphatic rings. The second-order valence-electron chi connectivity index (χ2n) is 7.46. The van der Waals surface area contributed by atoms with Crippen LogP contribution in [-0.2, 0) is 30.4 Å². The summed E-state index contributed by atoms with van der Waals surface area (Å²) in [6.45, 7) is 0.249. The number of carbonyl (C=O) groups excluding carboxylic acids is 4. The molecule has 2 fully saturated rings. The van der Waals surface area contributed by atoms with Gasteiger partial charge in [0.25, 0.3) is 5.91 Å². The summed E-state index contributed by atoms with van der Waals surface area (Å²) in [5.74, 6) is -1.85. The molecule has 0 radical (unpaired) electrons. The Balaban J connectivity index is 1.39. The van der Waals surface area contributed by atoms with Gasteiger partial charge in [0.2, 0.25) is 5.91 Å². The number of likely N-dealkylation sites (tertiary alicyclic amines) is 1. The third-order valence-corrected chi connectivity index (χ3v) is 5.47. The van der Waals surface area contributed by atoms with E-state index in [0.29, 0.717) is 12.1 Å². The minimum Gasteiger partial charge on any atom is -0.465 e. The maximum atomic E-state index is 12.2. The summed E-state index contributed by atoms with van der Waals surface area (Å²) in [4.78, 5) is 49.6. The van der Waals surface area contributed by atoms with Crippen molar-refractivity contribution in [3.63, 3.8) is 0 Å². The summed E-state index contributed by atoms with van der Waals surface area (Å²) in [6, 6.07) is 6.89. The molecule has 8 nitrogen and oxygen atoms in total. The zero-order valence-corrected chi connectivity index (χ0v) is 16.5. The number of benzene rings is 1. The Morgan fingerprint density at radius 3 is 2.48 bits per heavy atom. The van der Waals surface area contributed by atoms with Gasteiger partial charge < -0.3 is 19.7 Å². The standard InChI is InChI=1S/C21H26N2O6/c1-28-20(26)15-8-6-14(7-9-15)11-22-18(24)13-29-21(27)16-10-19(25)23(12-16)17-4-2-3-5-17/h6-9,16-17H,2-5,10-13H2,1H3,(H,22,24)/t16-/m1/s1. The molecule has 1 aromatic carbocycles. The van der Waals surface area contributed by atoms with Gasteiger partial charge >= 0.3 is 11.9 Å². The average Bonchev–Trinajstić information content (AvgIpc) is 3.39. The quantitative estimate of drug-likeness (QED) is 0.692. The van der Waals surface area contributed by atoms with Crippen LogP contribution in [0.25, 0.3) is 0 Å². The number of methoxy groups -OCH3 is 1. The Kier molecular flexibility index (Phi) is 6.85. The van der Waals surface area contributed by atoms with E-state index in [2.05, 4.69) is 10.1 Å². The maximum Gasteiger partial charge on any atom is 0.337 e. The van der Waals surface area contributed by atoms with Crippen LogP contribution in [0, 0.1) is 5.92 Å². The van der Waals surface area contributed by atoms with E-state index in [1.165, 1.54) is 7.11 Å². The van der Waals surface area contributed by atoms with Gasteiger partial charge in [-0.3, -0.25) is 14.4 Å². The van der Waals surface area contributed by atoms with E-state index in [0.717, 1.165) is 31.2 Å². The highest BCUT2D eigenvalue weighted by molar-refractivity contribution is 5.89. The van der Waals surface area contributed by atoms with E-state index < -0.39 is 23.8 Å². The van der Waals surface area contributed by atoms with Crippen LogP contribution in [0.4, 0.5) is 0 Å². The topological polar surface area (TPSA) is 102 Å². The molecule has 29 heavy (non-hydrogen) atoms. The van der Waals surface area contributed by atoms with E-state index in [-0.39, 0.29) is 31.5 Å². The number of hydrogen-bond donors (Lipinski definition) is 1. The van der Waals surface area contributed by atoms with Crippen molar-refractivity contribution in [1.29, 1.82) is 0 Å². The number of carbonyl (C=O) groups is 4. The molecule has 0 unspecified atom stereocenters.